The summed E-state index contributed by atoms with van der Waals surface area (Å²) in [6.07, 6.45) is 0. The number of para-hydroxylation sites is 3. The number of thiophene rings is 1. The molecule has 1 aliphatic rings. The van der Waals surface area contributed by atoms with Gasteiger partial charge < -0.3 is 4.57 Å². The van der Waals surface area contributed by atoms with Gasteiger partial charge in [0, 0.05) is 53.7 Å². The van der Waals surface area contributed by atoms with Crippen LogP contribution in [0.4, 0.5) is 0 Å². The number of hydrogen-bond donors (Lipinski definition) is 0. The predicted molar refractivity (Wildman–Crippen MR) is 256 cm³/mol. The van der Waals surface area contributed by atoms with Crippen molar-refractivity contribution in [1.82, 2.24) is 19.1 Å². The number of nitrogens with zero attached hydrogens (tertiary/aromatic N) is 4. The molecule has 1 aliphatic heterocycles. The number of fused-ring (bicyclic) bond motifs is 16. The van der Waals surface area contributed by atoms with Crippen LogP contribution in [0.25, 0.3) is 131 Å². The van der Waals surface area contributed by atoms with Crippen LogP contribution in [0.2, 0.25) is 0 Å². The molecular formula is C56H32N4S. The first kappa shape index (κ1) is 33.0. The second-order valence-electron chi connectivity index (χ2n) is 16.0. The molecule has 282 valence electrons. The van der Waals surface area contributed by atoms with E-state index < -0.39 is 0 Å². The Hall–Kier alpha value is -7.86. The lowest BCUT2D eigenvalue weighted by Crippen LogP contribution is -2.03. The van der Waals surface area contributed by atoms with Crippen LogP contribution in [0.5, 0.6) is 0 Å². The van der Waals surface area contributed by atoms with E-state index in [9.17, 15) is 0 Å². The molecule has 4 aromatic heterocycles. The molecule has 9 aromatic carbocycles. The van der Waals surface area contributed by atoms with Gasteiger partial charge in [-0.15, -0.1) is 11.3 Å². The summed E-state index contributed by atoms with van der Waals surface area (Å²) < 4.78 is 6.04. The van der Waals surface area contributed by atoms with Gasteiger partial charge in [0.25, 0.3) is 0 Å². The van der Waals surface area contributed by atoms with E-state index in [1.54, 1.807) is 11.3 Å². The zero-order valence-electron chi connectivity index (χ0n) is 32.7. The quantitative estimate of drug-likeness (QED) is 0.179. The van der Waals surface area contributed by atoms with Crippen molar-refractivity contribution in [2.75, 3.05) is 0 Å². The van der Waals surface area contributed by atoms with Gasteiger partial charge in [-0.05, 0) is 63.4 Å². The molecule has 14 rings (SSSR count). The van der Waals surface area contributed by atoms with Crippen LogP contribution in [-0.2, 0) is 0 Å². The van der Waals surface area contributed by atoms with Crippen molar-refractivity contribution in [3.05, 3.63) is 194 Å². The van der Waals surface area contributed by atoms with Gasteiger partial charge in [0.15, 0.2) is 0 Å². The molecule has 0 saturated heterocycles. The minimum Gasteiger partial charge on any atom is -0.308 e. The Bertz CT molecular complexity index is 4000. The molecule has 0 spiro atoms. The molecule has 5 heterocycles. The van der Waals surface area contributed by atoms with Crippen molar-refractivity contribution >= 4 is 86.0 Å². The maximum absolute atomic E-state index is 5.75. The molecule has 0 atom stereocenters. The average Bonchev–Trinajstić information content (AvgIpc) is 3.95. The van der Waals surface area contributed by atoms with Crippen LogP contribution in [0.15, 0.2) is 194 Å². The van der Waals surface area contributed by atoms with E-state index >= 15 is 0 Å². The summed E-state index contributed by atoms with van der Waals surface area (Å²) in [7, 11) is 0. The fourth-order valence-electron chi connectivity index (χ4n) is 10.4. The van der Waals surface area contributed by atoms with Crippen LogP contribution in [0, 0.1) is 0 Å². The lowest BCUT2D eigenvalue weighted by Gasteiger charge is -2.15. The van der Waals surface area contributed by atoms with Gasteiger partial charge in [0.2, 0.25) is 5.95 Å². The third-order valence-electron chi connectivity index (χ3n) is 12.9. The van der Waals surface area contributed by atoms with Gasteiger partial charge in [0.05, 0.1) is 33.4 Å². The average molecular weight is 793 g/mol. The van der Waals surface area contributed by atoms with Gasteiger partial charge in [-0.3, -0.25) is 4.57 Å². The molecule has 0 radical (unpaired) electrons. The maximum Gasteiger partial charge on any atom is 0.236 e. The lowest BCUT2D eigenvalue weighted by molar-refractivity contribution is 1.02. The first-order valence-electron chi connectivity index (χ1n) is 20.8. The maximum atomic E-state index is 5.75. The third-order valence-corrected chi connectivity index (χ3v) is 14.0. The molecule has 0 N–H and O–H groups in total. The third kappa shape index (κ3) is 4.48. The molecule has 5 heteroatoms. The van der Waals surface area contributed by atoms with E-state index in [1.807, 2.05) is 0 Å². The second-order valence-corrected chi connectivity index (χ2v) is 17.1. The van der Waals surface area contributed by atoms with E-state index in [-0.39, 0.29) is 0 Å². The lowest BCUT2D eigenvalue weighted by atomic mass is 9.91. The van der Waals surface area contributed by atoms with Crippen molar-refractivity contribution in [3.8, 4) is 56.3 Å². The summed E-state index contributed by atoms with van der Waals surface area (Å²) in [6.45, 7) is 0. The first-order valence-corrected chi connectivity index (χ1v) is 21.6. The van der Waals surface area contributed by atoms with Gasteiger partial charge >= 0.3 is 0 Å². The van der Waals surface area contributed by atoms with Crippen LogP contribution >= 0.6 is 11.3 Å². The minimum absolute atomic E-state index is 0.664. The largest absolute Gasteiger partial charge is 0.308 e. The minimum atomic E-state index is 0.664. The number of benzene rings is 9. The van der Waals surface area contributed by atoms with Crippen molar-refractivity contribution in [3.63, 3.8) is 0 Å². The highest BCUT2D eigenvalue weighted by molar-refractivity contribution is 7.25. The predicted octanol–water partition coefficient (Wildman–Crippen LogP) is 15.2. The Morgan fingerprint density at radius 3 is 1.80 bits per heavy atom. The molecule has 0 amide bonds. The van der Waals surface area contributed by atoms with Crippen LogP contribution in [0.1, 0.15) is 0 Å². The molecule has 61 heavy (non-hydrogen) atoms. The van der Waals surface area contributed by atoms with Gasteiger partial charge in [-0.25, -0.2) is 9.97 Å². The van der Waals surface area contributed by atoms with Crippen molar-refractivity contribution in [1.29, 1.82) is 0 Å². The molecule has 4 nitrogen and oxygen atoms in total. The summed E-state index contributed by atoms with van der Waals surface area (Å²) in [5.74, 6) is 0.664. The van der Waals surface area contributed by atoms with Gasteiger partial charge in [-0.2, -0.15) is 0 Å². The summed E-state index contributed by atoms with van der Waals surface area (Å²) in [5.41, 5.74) is 15.1. The highest BCUT2D eigenvalue weighted by Crippen LogP contribution is 2.52. The summed E-state index contributed by atoms with van der Waals surface area (Å²) in [4.78, 5) is 12.3. The highest BCUT2D eigenvalue weighted by Gasteiger charge is 2.30. The van der Waals surface area contributed by atoms with Crippen molar-refractivity contribution in [2.24, 2.45) is 0 Å². The van der Waals surface area contributed by atoms with Crippen LogP contribution in [0.3, 0.4) is 0 Å². The molecule has 0 saturated carbocycles. The molecule has 13 aromatic rings. The van der Waals surface area contributed by atoms with E-state index in [2.05, 4.69) is 203 Å². The van der Waals surface area contributed by atoms with Crippen LogP contribution < -0.4 is 0 Å². The topological polar surface area (TPSA) is 35.6 Å². The summed E-state index contributed by atoms with van der Waals surface area (Å²) in [6, 6.07) is 70.6. The van der Waals surface area contributed by atoms with E-state index in [0.29, 0.717) is 5.95 Å². The monoisotopic (exact) mass is 792 g/mol. The fourth-order valence-corrected chi connectivity index (χ4v) is 11.5. The first-order chi connectivity index (χ1) is 30.3. The smallest absolute Gasteiger partial charge is 0.236 e. The number of aromatic nitrogens is 4. The Balaban J connectivity index is 1.15. The van der Waals surface area contributed by atoms with E-state index in [4.69, 9.17) is 9.97 Å². The second kappa shape index (κ2) is 12.3. The normalized spacial score (nSPS) is 12.3. The molecule has 0 bridgehead atoms. The molecule has 0 unspecified atom stereocenters. The number of rotatable bonds is 3. The zero-order valence-corrected chi connectivity index (χ0v) is 33.5. The summed E-state index contributed by atoms with van der Waals surface area (Å²) in [5, 5.41) is 9.43. The van der Waals surface area contributed by atoms with E-state index in [1.165, 1.54) is 92.5 Å². The Morgan fingerprint density at radius 2 is 0.984 bits per heavy atom. The fraction of sp³-hybridized carbons (Fsp3) is 0. The highest BCUT2D eigenvalue weighted by atomic mass is 32.1. The standard InChI is InChI=1S/C56H32N4S/c1-2-16-33(17-3-1)34-30-31-41(36-19-5-4-18-35(34)36)53-52-43-25-11-15-29-49(43)61-55(52)58-56(57-53)60-47-28-14-10-24-42(47)50-48(60)32-44-39-22-9-13-27-46(39)59-45-26-12-8-21-38(45)37-20-6-7-23-40(37)51(50)54(44)59/h1-32H. The summed E-state index contributed by atoms with van der Waals surface area (Å²) >= 11 is 1.74. The van der Waals surface area contributed by atoms with E-state index in [0.717, 1.165) is 32.5 Å². The van der Waals surface area contributed by atoms with Crippen molar-refractivity contribution < 1.29 is 0 Å². The number of hydrogen-bond acceptors (Lipinski definition) is 3. The van der Waals surface area contributed by atoms with Crippen LogP contribution in [-0.4, -0.2) is 19.1 Å². The zero-order chi connectivity index (χ0) is 39.8. The Labute approximate surface area is 353 Å². The SMILES string of the molecule is c1ccc(-c2ccc(-c3nc(-n4c5ccccc5c5c6c7c(cc54)c4ccccc4n7-c4ccccc4-c4ccccc4-6)nc4sc5ccccc5c34)c3ccccc23)cc1. The van der Waals surface area contributed by atoms with Gasteiger partial charge in [0.1, 0.15) is 4.83 Å². The Morgan fingerprint density at radius 1 is 0.377 bits per heavy atom. The van der Waals surface area contributed by atoms with Gasteiger partial charge in [-0.1, -0.05) is 164 Å². The molecular weight excluding hydrogens is 761 g/mol. The molecule has 0 fully saturated rings. The molecule has 0 aliphatic carbocycles. The Kier molecular flexibility index (Phi) is 6.68. The van der Waals surface area contributed by atoms with Crippen molar-refractivity contribution in [2.45, 2.75) is 0 Å².